The Balaban J connectivity index is 2.14. The summed E-state index contributed by atoms with van der Waals surface area (Å²) in [7, 11) is -6.89. The van der Waals surface area contributed by atoms with Crippen LogP contribution in [0.15, 0.2) is 23.1 Å². The van der Waals surface area contributed by atoms with E-state index in [0.717, 1.165) is 17.4 Å². The highest BCUT2D eigenvalue weighted by molar-refractivity contribution is 7.89. The van der Waals surface area contributed by atoms with Crippen molar-refractivity contribution in [3.05, 3.63) is 29.3 Å². The molecule has 1 heterocycles. The van der Waals surface area contributed by atoms with Gasteiger partial charge < -0.3 is 0 Å². The molecule has 1 fully saturated rings. The molecule has 1 aliphatic heterocycles. The van der Waals surface area contributed by atoms with Gasteiger partial charge >= 0.3 is 0 Å². The summed E-state index contributed by atoms with van der Waals surface area (Å²) in [6.07, 6.45) is 1.62. The van der Waals surface area contributed by atoms with E-state index in [4.69, 9.17) is 0 Å². The van der Waals surface area contributed by atoms with E-state index in [2.05, 4.69) is 4.72 Å². The van der Waals surface area contributed by atoms with Gasteiger partial charge in [0, 0.05) is 19.1 Å². The zero-order chi connectivity index (χ0) is 15.8. The summed E-state index contributed by atoms with van der Waals surface area (Å²) < 4.78 is 51.4. The Kier molecular flexibility index (Phi) is 4.44. The van der Waals surface area contributed by atoms with Gasteiger partial charge in [0.15, 0.2) is 0 Å². The van der Waals surface area contributed by atoms with Crippen molar-refractivity contribution in [1.82, 2.24) is 9.03 Å². The Morgan fingerprint density at radius 3 is 2.33 bits per heavy atom. The first-order chi connectivity index (χ1) is 9.59. The molecule has 0 saturated carbocycles. The maximum atomic E-state index is 12.3. The van der Waals surface area contributed by atoms with Gasteiger partial charge in [-0.3, -0.25) is 0 Å². The van der Waals surface area contributed by atoms with Gasteiger partial charge in [0.25, 0.3) is 0 Å². The molecule has 1 N–H and O–H groups in total. The lowest BCUT2D eigenvalue weighted by Gasteiger charge is -2.15. The fraction of sp³-hybridized carbons (Fsp3) is 0.538. The Morgan fingerprint density at radius 1 is 1.14 bits per heavy atom. The predicted octanol–water partition coefficient (Wildman–Crippen LogP) is 0.616. The molecule has 1 saturated heterocycles. The van der Waals surface area contributed by atoms with E-state index in [1.807, 2.05) is 13.8 Å². The lowest BCUT2D eigenvalue weighted by molar-refractivity contribution is 0.472. The SMILES string of the molecule is Cc1ccc(S(=O)(=O)NC2CCN(S(C)(=O)=O)C2)cc1C. The molecular formula is C13H20N2O4S2. The van der Waals surface area contributed by atoms with Crippen LogP contribution in [0.1, 0.15) is 17.5 Å². The highest BCUT2D eigenvalue weighted by Gasteiger charge is 2.31. The van der Waals surface area contributed by atoms with Crippen LogP contribution in [-0.2, 0) is 20.0 Å². The number of hydrogen-bond acceptors (Lipinski definition) is 4. The normalized spacial score (nSPS) is 20.8. The molecule has 0 radical (unpaired) electrons. The quantitative estimate of drug-likeness (QED) is 0.876. The van der Waals surface area contributed by atoms with E-state index >= 15 is 0 Å². The van der Waals surface area contributed by atoms with Crippen LogP contribution in [0, 0.1) is 13.8 Å². The standard InChI is InChI=1S/C13H20N2O4S2/c1-10-4-5-13(8-11(10)2)21(18,19)14-12-6-7-15(9-12)20(3,16)17/h4-5,8,12,14H,6-7,9H2,1-3H3. The minimum Gasteiger partial charge on any atom is -0.213 e. The average molecular weight is 332 g/mol. The second-order valence-electron chi connectivity index (χ2n) is 5.47. The van der Waals surface area contributed by atoms with Crippen LogP contribution >= 0.6 is 0 Å². The van der Waals surface area contributed by atoms with Crippen LogP contribution in [0.25, 0.3) is 0 Å². The Bertz CT molecular complexity index is 741. The first-order valence-electron chi connectivity index (χ1n) is 6.64. The number of benzene rings is 1. The summed E-state index contributed by atoms with van der Waals surface area (Å²) in [5.41, 5.74) is 1.93. The van der Waals surface area contributed by atoms with Gasteiger partial charge in [-0.2, -0.15) is 0 Å². The first-order valence-corrected chi connectivity index (χ1v) is 9.97. The van der Waals surface area contributed by atoms with Crippen molar-refractivity contribution in [2.45, 2.75) is 31.2 Å². The van der Waals surface area contributed by atoms with Crippen molar-refractivity contribution in [2.75, 3.05) is 19.3 Å². The third-order valence-corrected chi connectivity index (χ3v) is 6.52. The topological polar surface area (TPSA) is 83.6 Å². The highest BCUT2D eigenvalue weighted by atomic mass is 32.2. The minimum absolute atomic E-state index is 0.183. The summed E-state index contributed by atoms with van der Waals surface area (Å²) >= 11 is 0. The molecule has 0 aromatic heterocycles. The van der Waals surface area contributed by atoms with Gasteiger partial charge in [0.2, 0.25) is 20.0 Å². The van der Waals surface area contributed by atoms with Crippen molar-refractivity contribution in [3.63, 3.8) is 0 Å². The van der Waals surface area contributed by atoms with Gasteiger partial charge in [-0.15, -0.1) is 0 Å². The summed E-state index contributed by atoms with van der Waals surface area (Å²) in [5.74, 6) is 0. The van der Waals surface area contributed by atoms with Crippen LogP contribution in [0.2, 0.25) is 0 Å². The lowest BCUT2D eigenvalue weighted by Crippen LogP contribution is -2.38. The number of nitrogens with zero attached hydrogens (tertiary/aromatic N) is 1. The van der Waals surface area contributed by atoms with Crippen LogP contribution in [-0.4, -0.2) is 46.5 Å². The number of rotatable bonds is 4. The summed E-state index contributed by atoms with van der Waals surface area (Å²) in [4.78, 5) is 0.211. The highest BCUT2D eigenvalue weighted by Crippen LogP contribution is 2.18. The predicted molar refractivity (Wildman–Crippen MR) is 81.1 cm³/mol. The van der Waals surface area contributed by atoms with Gasteiger partial charge in [-0.05, 0) is 43.5 Å². The number of aryl methyl sites for hydroxylation is 2. The zero-order valence-corrected chi connectivity index (χ0v) is 14.0. The zero-order valence-electron chi connectivity index (χ0n) is 12.3. The molecule has 118 valence electrons. The van der Waals surface area contributed by atoms with Gasteiger partial charge in [0.1, 0.15) is 0 Å². The Hall–Kier alpha value is -0.960. The van der Waals surface area contributed by atoms with Crippen LogP contribution in [0.5, 0.6) is 0 Å². The van der Waals surface area contributed by atoms with Crippen molar-refractivity contribution in [2.24, 2.45) is 0 Å². The van der Waals surface area contributed by atoms with Crippen LogP contribution < -0.4 is 4.72 Å². The third-order valence-electron chi connectivity index (χ3n) is 3.73. The molecule has 1 aromatic rings. The summed E-state index contributed by atoms with van der Waals surface area (Å²) in [6.45, 7) is 4.30. The fourth-order valence-corrected chi connectivity index (χ4v) is 4.53. The largest absolute Gasteiger partial charge is 0.240 e. The molecule has 6 nitrogen and oxygen atoms in total. The monoisotopic (exact) mass is 332 g/mol. The van der Waals surface area contributed by atoms with Crippen molar-refractivity contribution < 1.29 is 16.8 Å². The maximum Gasteiger partial charge on any atom is 0.240 e. The van der Waals surface area contributed by atoms with Crippen LogP contribution in [0.4, 0.5) is 0 Å². The minimum atomic E-state index is -3.62. The fourth-order valence-electron chi connectivity index (χ4n) is 2.29. The molecule has 21 heavy (non-hydrogen) atoms. The van der Waals surface area contributed by atoms with E-state index in [1.54, 1.807) is 18.2 Å². The van der Waals surface area contributed by atoms with Crippen molar-refractivity contribution >= 4 is 20.0 Å². The molecule has 1 aromatic carbocycles. The smallest absolute Gasteiger partial charge is 0.213 e. The molecule has 1 atom stereocenters. The van der Waals surface area contributed by atoms with E-state index in [0.29, 0.717) is 13.0 Å². The van der Waals surface area contributed by atoms with Crippen LogP contribution in [0.3, 0.4) is 0 Å². The van der Waals surface area contributed by atoms with Crippen molar-refractivity contribution in [1.29, 1.82) is 0 Å². The molecule has 0 aliphatic carbocycles. The lowest BCUT2D eigenvalue weighted by atomic mass is 10.1. The van der Waals surface area contributed by atoms with Gasteiger partial charge in [-0.1, -0.05) is 6.07 Å². The van der Waals surface area contributed by atoms with E-state index < -0.39 is 20.0 Å². The molecule has 0 amide bonds. The summed E-state index contributed by atoms with van der Waals surface area (Å²) in [6, 6.07) is 4.57. The third kappa shape index (κ3) is 3.82. The Morgan fingerprint density at radius 2 is 1.81 bits per heavy atom. The van der Waals surface area contributed by atoms with E-state index in [9.17, 15) is 16.8 Å². The number of nitrogens with one attached hydrogen (secondary N) is 1. The van der Waals surface area contributed by atoms with E-state index in [-0.39, 0.29) is 17.5 Å². The maximum absolute atomic E-state index is 12.3. The second-order valence-corrected chi connectivity index (χ2v) is 9.17. The van der Waals surface area contributed by atoms with Gasteiger partial charge in [0.05, 0.1) is 11.2 Å². The molecule has 2 rings (SSSR count). The number of hydrogen-bond donors (Lipinski definition) is 1. The average Bonchev–Trinajstić information content (AvgIpc) is 2.80. The molecule has 8 heteroatoms. The second kappa shape index (κ2) is 5.68. The molecule has 0 spiro atoms. The van der Waals surface area contributed by atoms with E-state index in [1.165, 1.54) is 4.31 Å². The molecule has 0 bridgehead atoms. The van der Waals surface area contributed by atoms with Gasteiger partial charge in [-0.25, -0.2) is 25.9 Å². The molecule has 1 unspecified atom stereocenters. The number of sulfonamides is 2. The van der Waals surface area contributed by atoms with Crippen molar-refractivity contribution in [3.8, 4) is 0 Å². The summed E-state index contributed by atoms with van der Waals surface area (Å²) in [5, 5.41) is 0. The Labute approximate surface area is 126 Å². The first kappa shape index (κ1) is 16.4. The molecule has 1 aliphatic rings. The molecular weight excluding hydrogens is 312 g/mol.